The lowest BCUT2D eigenvalue weighted by Crippen LogP contribution is -2.32. The number of aromatic nitrogens is 1. The number of nitrogens with zero attached hydrogens (tertiary/aromatic N) is 1. The van der Waals surface area contributed by atoms with Crippen LogP contribution in [-0.2, 0) is 16.6 Å². The van der Waals surface area contributed by atoms with Crippen molar-refractivity contribution in [3.8, 4) is 0 Å². The summed E-state index contributed by atoms with van der Waals surface area (Å²) in [4.78, 5) is 14.9. The van der Waals surface area contributed by atoms with Crippen LogP contribution < -0.4 is 5.73 Å². The van der Waals surface area contributed by atoms with Crippen molar-refractivity contribution in [2.45, 2.75) is 38.6 Å². The Labute approximate surface area is 93.1 Å². The van der Waals surface area contributed by atoms with Gasteiger partial charge in [-0.3, -0.25) is 4.79 Å². The van der Waals surface area contributed by atoms with E-state index in [0.29, 0.717) is 6.42 Å². The number of carbonyl (C=O) groups is 1. The summed E-state index contributed by atoms with van der Waals surface area (Å²) >= 11 is 1.55. The van der Waals surface area contributed by atoms with Crippen LogP contribution in [0.2, 0.25) is 0 Å². The minimum Gasteiger partial charge on any atom is -0.480 e. The van der Waals surface area contributed by atoms with Crippen LogP contribution in [0.4, 0.5) is 0 Å². The molecular weight excluding hydrogens is 212 g/mol. The highest BCUT2D eigenvalue weighted by Gasteiger charge is 2.20. The third-order valence-corrected chi connectivity index (χ3v) is 3.26. The van der Waals surface area contributed by atoms with Crippen molar-refractivity contribution in [2.75, 3.05) is 0 Å². The van der Waals surface area contributed by atoms with Crippen molar-refractivity contribution in [1.82, 2.24) is 4.98 Å². The summed E-state index contributed by atoms with van der Waals surface area (Å²) in [5.74, 6) is -0.986. The number of carboxylic acids is 1. The summed E-state index contributed by atoms with van der Waals surface area (Å²) in [5.41, 5.74) is 6.21. The zero-order valence-electron chi connectivity index (χ0n) is 9.15. The number of thiazole rings is 1. The lowest BCUT2D eigenvalue weighted by molar-refractivity contribution is -0.138. The number of hydrogen-bond acceptors (Lipinski definition) is 4. The van der Waals surface area contributed by atoms with Gasteiger partial charge in [-0.1, -0.05) is 20.8 Å². The van der Waals surface area contributed by atoms with Crippen molar-refractivity contribution in [2.24, 2.45) is 5.73 Å². The van der Waals surface area contributed by atoms with E-state index in [1.165, 1.54) is 0 Å². The third kappa shape index (κ3) is 3.28. The van der Waals surface area contributed by atoms with E-state index in [-0.39, 0.29) is 5.41 Å². The first-order valence-corrected chi connectivity index (χ1v) is 5.62. The van der Waals surface area contributed by atoms with Crippen LogP contribution in [-0.4, -0.2) is 22.1 Å². The zero-order chi connectivity index (χ0) is 11.6. The molecule has 0 amide bonds. The van der Waals surface area contributed by atoms with E-state index in [9.17, 15) is 4.79 Å². The van der Waals surface area contributed by atoms with E-state index in [4.69, 9.17) is 10.8 Å². The maximum atomic E-state index is 10.6. The first kappa shape index (κ1) is 12.1. The molecule has 0 aliphatic rings. The fourth-order valence-electron chi connectivity index (χ4n) is 1.06. The largest absolute Gasteiger partial charge is 0.480 e. The molecule has 0 bridgehead atoms. The van der Waals surface area contributed by atoms with Gasteiger partial charge in [0, 0.05) is 17.2 Å². The molecule has 1 heterocycles. The summed E-state index contributed by atoms with van der Waals surface area (Å²) in [6.45, 7) is 6.23. The van der Waals surface area contributed by atoms with Crippen molar-refractivity contribution in [3.05, 3.63) is 16.1 Å². The number of aliphatic carboxylic acids is 1. The maximum absolute atomic E-state index is 10.6. The highest BCUT2D eigenvalue weighted by atomic mass is 32.1. The van der Waals surface area contributed by atoms with Crippen LogP contribution in [0, 0.1) is 0 Å². The molecule has 4 nitrogen and oxygen atoms in total. The highest BCUT2D eigenvalue weighted by molar-refractivity contribution is 7.09. The predicted octanol–water partition coefficient (Wildman–Crippen LogP) is 1.40. The fraction of sp³-hybridized carbons (Fsp3) is 0.600. The van der Waals surface area contributed by atoms with Gasteiger partial charge in [-0.05, 0) is 0 Å². The molecule has 15 heavy (non-hydrogen) atoms. The molecule has 1 aromatic heterocycles. The second-order valence-corrected chi connectivity index (χ2v) is 5.40. The van der Waals surface area contributed by atoms with Gasteiger partial charge in [0.1, 0.15) is 6.04 Å². The van der Waals surface area contributed by atoms with Gasteiger partial charge in [-0.15, -0.1) is 11.3 Å². The molecule has 5 heteroatoms. The average molecular weight is 228 g/mol. The van der Waals surface area contributed by atoms with E-state index in [2.05, 4.69) is 25.8 Å². The smallest absolute Gasteiger partial charge is 0.320 e. The van der Waals surface area contributed by atoms with Crippen LogP contribution in [0.5, 0.6) is 0 Å². The molecule has 0 spiro atoms. The second kappa shape index (κ2) is 4.28. The first-order valence-electron chi connectivity index (χ1n) is 4.74. The quantitative estimate of drug-likeness (QED) is 0.819. The van der Waals surface area contributed by atoms with Crippen LogP contribution in [0.25, 0.3) is 0 Å². The van der Waals surface area contributed by atoms with E-state index < -0.39 is 12.0 Å². The molecule has 0 radical (unpaired) electrons. The standard InChI is InChI=1S/C10H16N2O2S/c1-10(2,3)9-12-6(5-15-9)4-7(11)8(13)14/h5,7H,4,11H2,1-3H3,(H,13,14)/t7-/m1/s1. The molecule has 0 aliphatic carbocycles. The normalized spacial score (nSPS) is 13.9. The van der Waals surface area contributed by atoms with Crippen LogP contribution in [0.15, 0.2) is 5.38 Å². The Hall–Kier alpha value is -0.940. The number of rotatable bonds is 3. The third-order valence-electron chi connectivity index (χ3n) is 1.94. The summed E-state index contributed by atoms with van der Waals surface area (Å²) in [6, 6.07) is -0.861. The molecule has 0 aliphatic heterocycles. The number of carboxylic acid groups (broad SMARTS) is 1. The first-order chi connectivity index (χ1) is 6.80. The Bertz CT molecular complexity index is 355. The van der Waals surface area contributed by atoms with E-state index in [1.54, 1.807) is 11.3 Å². The van der Waals surface area contributed by atoms with Gasteiger partial charge in [-0.25, -0.2) is 4.98 Å². The summed E-state index contributed by atoms with van der Waals surface area (Å²) in [6.07, 6.45) is 0.294. The summed E-state index contributed by atoms with van der Waals surface area (Å²) in [5, 5.41) is 11.5. The number of hydrogen-bond donors (Lipinski definition) is 2. The Morgan fingerprint density at radius 1 is 1.67 bits per heavy atom. The zero-order valence-corrected chi connectivity index (χ0v) is 9.97. The van der Waals surface area contributed by atoms with Gasteiger partial charge in [0.05, 0.1) is 10.7 Å². The van der Waals surface area contributed by atoms with Gasteiger partial charge >= 0.3 is 5.97 Å². The molecule has 1 atom stereocenters. The Balaban J connectivity index is 2.73. The molecule has 1 rings (SSSR count). The molecule has 1 aromatic rings. The fourth-order valence-corrected chi connectivity index (χ4v) is 1.98. The molecule has 0 unspecified atom stereocenters. The molecule has 0 fully saturated rings. The highest BCUT2D eigenvalue weighted by Crippen LogP contribution is 2.25. The molecule has 0 saturated carbocycles. The minimum atomic E-state index is -0.986. The summed E-state index contributed by atoms with van der Waals surface area (Å²) < 4.78 is 0. The summed E-state index contributed by atoms with van der Waals surface area (Å²) in [7, 11) is 0. The average Bonchev–Trinajstić information content (AvgIpc) is 2.51. The van der Waals surface area contributed by atoms with Crippen molar-refractivity contribution < 1.29 is 9.90 Å². The Morgan fingerprint density at radius 3 is 2.67 bits per heavy atom. The van der Waals surface area contributed by atoms with Crippen molar-refractivity contribution >= 4 is 17.3 Å². The molecule has 3 N–H and O–H groups in total. The van der Waals surface area contributed by atoms with E-state index >= 15 is 0 Å². The molecule has 0 saturated heterocycles. The lowest BCUT2D eigenvalue weighted by atomic mass is 9.98. The minimum absolute atomic E-state index is 0.0102. The topological polar surface area (TPSA) is 76.2 Å². The van der Waals surface area contributed by atoms with Crippen LogP contribution >= 0.6 is 11.3 Å². The molecular formula is C10H16N2O2S. The van der Waals surface area contributed by atoms with Gasteiger partial charge in [0.2, 0.25) is 0 Å². The SMILES string of the molecule is CC(C)(C)c1nc(C[C@@H](N)C(=O)O)cs1. The van der Waals surface area contributed by atoms with Gasteiger partial charge in [0.25, 0.3) is 0 Å². The van der Waals surface area contributed by atoms with E-state index in [0.717, 1.165) is 10.7 Å². The molecule has 0 aromatic carbocycles. The van der Waals surface area contributed by atoms with Crippen molar-refractivity contribution in [1.29, 1.82) is 0 Å². The van der Waals surface area contributed by atoms with Gasteiger partial charge in [0.15, 0.2) is 0 Å². The Morgan fingerprint density at radius 2 is 2.27 bits per heavy atom. The number of nitrogens with two attached hydrogens (primary N) is 1. The molecule has 84 valence electrons. The van der Waals surface area contributed by atoms with Crippen molar-refractivity contribution in [3.63, 3.8) is 0 Å². The predicted molar refractivity (Wildman–Crippen MR) is 60.1 cm³/mol. The monoisotopic (exact) mass is 228 g/mol. The second-order valence-electron chi connectivity index (χ2n) is 4.54. The maximum Gasteiger partial charge on any atom is 0.320 e. The van der Waals surface area contributed by atoms with Crippen LogP contribution in [0.1, 0.15) is 31.5 Å². The Kier molecular flexibility index (Phi) is 3.46. The van der Waals surface area contributed by atoms with Gasteiger partial charge < -0.3 is 10.8 Å². The lowest BCUT2D eigenvalue weighted by Gasteiger charge is -2.13. The van der Waals surface area contributed by atoms with E-state index in [1.807, 2.05) is 5.38 Å². The van der Waals surface area contributed by atoms with Gasteiger partial charge in [-0.2, -0.15) is 0 Å². The van der Waals surface area contributed by atoms with Crippen LogP contribution in [0.3, 0.4) is 0 Å².